The number of cyclic esters (lactones) is 1. The predicted molar refractivity (Wildman–Crippen MR) is 98.4 cm³/mol. The molecule has 0 radical (unpaired) electrons. The van der Waals surface area contributed by atoms with Gasteiger partial charge in [0.2, 0.25) is 0 Å². The second-order valence-electron chi connectivity index (χ2n) is 6.75. The molecule has 0 aromatic carbocycles. The molecule has 1 aromatic rings. The predicted octanol–water partition coefficient (Wildman–Crippen LogP) is 1.79. The summed E-state index contributed by atoms with van der Waals surface area (Å²) in [5.74, 6) is -1.77. The van der Waals surface area contributed by atoms with Gasteiger partial charge in [-0.15, -0.1) is 0 Å². The first-order valence-electron chi connectivity index (χ1n) is 8.81. The van der Waals surface area contributed by atoms with Crippen molar-refractivity contribution in [2.75, 3.05) is 12.4 Å². The molecular weight excluding hydrogens is 372 g/mol. The first-order valence-corrected chi connectivity index (χ1v) is 9.80. The molecule has 2 heterocycles. The maximum absolute atomic E-state index is 12.8. The standard InChI is InChI=1S/C18H24N2O6S/c1-5-7-18(14(23)25-6-2)10-17(4,26-15(18)24)12(21)9-27-16-19-11(3)8-13(22)20-16/h8H,5-7,9-10H2,1-4H3,(H,19,20,22). The van der Waals surface area contributed by atoms with Crippen LogP contribution in [0.25, 0.3) is 0 Å². The molecule has 1 N–H and O–H groups in total. The van der Waals surface area contributed by atoms with Crippen molar-refractivity contribution in [3.8, 4) is 0 Å². The quantitative estimate of drug-likeness (QED) is 0.306. The summed E-state index contributed by atoms with van der Waals surface area (Å²) < 4.78 is 10.5. The normalized spacial score (nSPS) is 24.5. The van der Waals surface area contributed by atoms with Crippen molar-refractivity contribution in [1.82, 2.24) is 9.97 Å². The van der Waals surface area contributed by atoms with E-state index in [1.807, 2.05) is 6.92 Å². The van der Waals surface area contributed by atoms with Gasteiger partial charge in [-0.25, -0.2) is 4.98 Å². The molecular formula is C18H24N2O6S. The highest BCUT2D eigenvalue weighted by Crippen LogP contribution is 2.45. The fraction of sp³-hybridized carbons (Fsp3) is 0.611. The van der Waals surface area contributed by atoms with Crippen LogP contribution in [0.5, 0.6) is 0 Å². The van der Waals surface area contributed by atoms with Gasteiger partial charge in [0.15, 0.2) is 22.0 Å². The van der Waals surface area contributed by atoms with Crippen molar-refractivity contribution in [2.45, 2.75) is 57.7 Å². The van der Waals surface area contributed by atoms with Gasteiger partial charge in [0, 0.05) is 18.2 Å². The molecule has 9 heteroatoms. The number of ether oxygens (including phenoxy) is 2. The number of carbonyl (C=O) groups excluding carboxylic acids is 3. The molecule has 0 bridgehead atoms. The second kappa shape index (κ2) is 8.24. The van der Waals surface area contributed by atoms with Gasteiger partial charge in [-0.05, 0) is 27.2 Å². The van der Waals surface area contributed by atoms with Crippen molar-refractivity contribution < 1.29 is 23.9 Å². The molecule has 1 aliphatic heterocycles. The summed E-state index contributed by atoms with van der Waals surface area (Å²) in [6.07, 6.45) is 0.775. The van der Waals surface area contributed by atoms with Crippen LogP contribution in [-0.2, 0) is 23.9 Å². The van der Waals surface area contributed by atoms with Gasteiger partial charge < -0.3 is 14.5 Å². The van der Waals surface area contributed by atoms with Crippen molar-refractivity contribution in [2.24, 2.45) is 5.41 Å². The summed E-state index contributed by atoms with van der Waals surface area (Å²) in [5.41, 5.74) is -2.64. The number of aromatic nitrogens is 2. The SMILES string of the molecule is CCCC1(C(=O)OCC)CC(C)(C(=O)CSc2nc(C)cc(=O)[nH]2)OC1=O. The molecule has 2 rings (SSSR count). The van der Waals surface area contributed by atoms with Crippen molar-refractivity contribution >= 4 is 29.5 Å². The summed E-state index contributed by atoms with van der Waals surface area (Å²) in [7, 11) is 0. The first kappa shape index (κ1) is 21.1. The van der Waals surface area contributed by atoms with Crippen LogP contribution in [0.2, 0.25) is 0 Å². The Morgan fingerprint density at radius 2 is 2.07 bits per heavy atom. The highest BCUT2D eigenvalue weighted by atomic mass is 32.2. The van der Waals surface area contributed by atoms with Gasteiger partial charge >= 0.3 is 11.9 Å². The van der Waals surface area contributed by atoms with Crippen LogP contribution >= 0.6 is 11.8 Å². The van der Waals surface area contributed by atoms with E-state index < -0.39 is 23.0 Å². The zero-order valence-corrected chi connectivity index (χ0v) is 16.7. The Morgan fingerprint density at radius 1 is 1.37 bits per heavy atom. The second-order valence-corrected chi connectivity index (χ2v) is 7.72. The molecule has 0 aliphatic carbocycles. The van der Waals surface area contributed by atoms with E-state index >= 15 is 0 Å². The van der Waals surface area contributed by atoms with E-state index in [1.54, 1.807) is 13.8 Å². The van der Waals surface area contributed by atoms with E-state index in [1.165, 1.54) is 13.0 Å². The molecule has 1 saturated heterocycles. The van der Waals surface area contributed by atoms with Gasteiger partial charge in [-0.3, -0.25) is 19.2 Å². The Balaban J connectivity index is 2.17. The molecule has 2 unspecified atom stereocenters. The van der Waals surface area contributed by atoms with E-state index in [-0.39, 0.29) is 36.5 Å². The van der Waals surface area contributed by atoms with Gasteiger partial charge in [-0.2, -0.15) is 0 Å². The number of aromatic amines is 1. The van der Waals surface area contributed by atoms with Crippen LogP contribution in [0.1, 0.15) is 45.7 Å². The minimum atomic E-state index is -1.45. The summed E-state index contributed by atoms with van der Waals surface area (Å²) >= 11 is 1.05. The third kappa shape index (κ3) is 4.40. The topological polar surface area (TPSA) is 115 Å². The van der Waals surface area contributed by atoms with Crippen molar-refractivity contribution in [3.63, 3.8) is 0 Å². The van der Waals surface area contributed by atoms with Crippen molar-refractivity contribution in [3.05, 3.63) is 22.1 Å². The van der Waals surface area contributed by atoms with Gasteiger partial charge in [-0.1, -0.05) is 25.1 Å². The lowest BCUT2D eigenvalue weighted by Gasteiger charge is -2.24. The summed E-state index contributed by atoms with van der Waals surface area (Å²) in [6.45, 7) is 6.84. The number of ketones is 1. The van der Waals surface area contributed by atoms with Crippen LogP contribution in [0, 0.1) is 12.3 Å². The molecule has 8 nitrogen and oxygen atoms in total. The van der Waals surface area contributed by atoms with E-state index in [2.05, 4.69) is 9.97 Å². The van der Waals surface area contributed by atoms with Crippen LogP contribution in [0.3, 0.4) is 0 Å². The molecule has 2 atom stereocenters. The molecule has 1 aliphatic rings. The number of Topliss-reactive ketones (excluding diaryl/α,β-unsaturated/α-hetero) is 1. The minimum absolute atomic E-state index is 0.0529. The lowest BCUT2D eigenvalue weighted by Crippen LogP contribution is -2.40. The number of hydrogen-bond acceptors (Lipinski definition) is 8. The Labute approximate surface area is 161 Å². The van der Waals surface area contributed by atoms with Crippen LogP contribution in [-0.4, -0.2) is 45.7 Å². The highest BCUT2D eigenvalue weighted by Gasteiger charge is 2.62. The third-order valence-electron chi connectivity index (χ3n) is 4.47. The number of hydrogen-bond donors (Lipinski definition) is 1. The van der Waals surface area contributed by atoms with Gasteiger partial charge in [0.25, 0.3) is 5.56 Å². The molecule has 27 heavy (non-hydrogen) atoms. The highest BCUT2D eigenvalue weighted by molar-refractivity contribution is 7.99. The van der Waals surface area contributed by atoms with Gasteiger partial charge in [0.05, 0.1) is 12.4 Å². The number of nitrogens with zero attached hydrogens (tertiary/aromatic N) is 1. The number of rotatable bonds is 8. The fourth-order valence-corrected chi connectivity index (χ4v) is 4.15. The van der Waals surface area contributed by atoms with E-state index in [0.29, 0.717) is 17.3 Å². The number of aryl methyl sites for hydroxylation is 1. The maximum atomic E-state index is 12.8. The first-order chi connectivity index (χ1) is 12.7. The number of carbonyl (C=O) groups is 3. The Bertz CT molecular complexity index is 807. The minimum Gasteiger partial charge on any atom is -0.465 e. The number of esters is 2. The van der Waals surface area contributed by atoms with E-state index in [4.69, 9.17) is 9.47 Å². The van der Waals surface area contributed by atoms with Crippen LogP contribution in [0.15, 0.2) is 16.0 Å². The van der Waals surface area contributed by atoms with Crippen LogP contribution < -0.4 is 5.56 Å². The summed E-state index contributed by atoms with van der Waals surface area (Å²) in [4.78, 5) is 55.9. The summed E-state index contributed by atoms with van der Waals surface area (Å²) in [5, 5.41) is 0.312. The lowest BCUT2D eigenvalue weighted by molar-refractivity contribution is -0.167. The third-order valence-corrected chi connectivity index (χ3v) is 5.34. The Hall–Kier alpha value is -2.16. The largest absolute Gasteiger partial charge is 0.465 e. The number of H-pyrrole nitrogens is 1. The molecule has 0 amide bonds. The lowest BCUT2D eigenvalue weighted by atomic mass is 9.76. The smallest absolute Gasteiger partial charge is 0.324 e. The Kier molecular flexibility index (Phi) is 6.46. The molecule has 148 valence electrons. The van der Waals surface area contributed by atoms with Crippen LogP contribution in [0.4, 0.5) is 0 Å². The Morgan fingerprint density at radius 3 is 2.67 bits per heavy atom. The maximum Gasteiger partial charge on any atom is 0.324 e. The zero-order valence-electron chi connectivity index (χ0n) is 15.9. The average molecular weight is 396 g/mol. The average Bonchev–Trinajstić information content (AvgIpc) is 2.85. The monoisotopic (exact) mass is 396 g/mol. The van der Waals surface area contributed by atoms with E-state index in [9.17, 15) is 19.2 Å². The zero-order chi connectivity index (χ0) is 20.2. The molecule has 0 saturated carbocycles. The molecule has 1 aromatic heterocycles. The number of thioether (sulfide) groups is 1. The van der Waals surface area contributed by atoms with E-state index in [0.717, 1.165) is 11.8 Å². The number of nitrogens with one attached hydrogen (secondary N) is 1. The molecule has 1 fully saturated rings. The van der Waals surface area contributed by atoms with Crippen molar-refractivity contribution in [1.29, 1.82) is 0 Å². The molecule has 0 spiro atoms. The fourth-order valence-electron chi connectivity index (χ4n) is 3.19. The van der Waals surface area contributed by atoms with Gasteiger partial charge in [0.1, 0.15) is 0 Å². The summed E-state index contributed by atoms with van der Waals surface area (Å²) in [6, 6.07) is 1.35.